The Morgan fingerprint density at radius 2 is 2.12 bits per heavy atom. The summed E-state index contributed by atoms with van der Waals surface area (Å²) in [6, 6.07) is 3.53. The van der Waals surface area contributed by atoms with Crippen LogP contribution < -0.4 is 5.43 Å². The Morgan fingerprint density at radius 3 is 2.75 bits per heavy atom. The van der Waals surface area contributed by atoms with Crippen LogP contribution in [0.1, 0.15) is 10.4 Å². The molecule has 1 saturated heterocycles. The molecule has 5 nitrogen and oxygen atoms in total. The van der Waals surface area contributed by atoms with E-state index >= 15 is 0 Å². The van der Waals surface area contributed by atoms with Crippen molar-refractivity contribution < 1.29 is 4.79 Å². The van der Waals surface area contributed by atoms with Crippen LogP contribution in [0.15, 0.2) is 24.5 Å². The van der Waals surface area contributed by atoms with Crippen molar-refractivity contribution in [2.24, 2.45) is 0 Å². The number of carbonyl (C=O) groups excluding carboxylic acids is 1. The summed E-state index contributed by atoms with van der Waals surface area (Å²) < 4.78 is 0. The molecule has 86 valence electrons. The molecule has 0 aromatic carbocycles. The smallest absolute Gasteiger partial charge is 0.267 e. The molecule has 1 aromatic heterocycles. The zero-order valence-electron chi connectivity index (χ0n) is 9.39. The molecule has 0 atom stereocenters. The Hall–Kier alpha value is -1.46. The molecule has 1 aliphatic rings. The second-order valence-electron chi connectivity index (χ2n) is 3.97. The Labute approximate surface area is 95.0 Å². The van der Waals surface area contributed by atoms with Crippen LogP contribution in [0.5, 0.6) is 0 Å². The summed E-state index contributed by atoms with van der Waals surface area (Å²) in [5.74, 6) is -0.0855. The van der Waals surface area contributed by atoms with E-state index in [4.69, 9.17) is 0 Å². The van der Waals surface area contributed by atoms with E-state index in [1.165, 1.54) is 0 Å². The van der Waals surface area contributed by atoms with Crippen molar-refractivity contribution in [3.05, 3.63) is 30.1 Å². The minimum atomic E-state index is -0.0855. The fraction of sp³-hybridized carbons (Fsp3) is 0.455. The molecule has 0 unspecified atom stereocenters. The SMILES string of the molecule is CN1CCN(NC(=O)c2cccnc2)CC1. The van der Waals surface area contributed by atoms with Gasteiger partial charge in [-0.25, -0.2) is 5.01 Å². The van der Waals surface area contributed by atoms with Crippen molar-refractivity contribution in [3.8, 4) is 0 Å². The maximum atomic E-state index is 11.8. The highest BCUT2D eigenvalue weighted by molar-refractivity contribution is 5.93. The van der Waals surface area contributed by atoms with Crippen LogP contribution in [0, 0.1) is 0 Å². The number of nitrogens with one attached hydrogen (secondary N) is 1. The Bertz CT molecular complexity index is 346. The topological polar surface area (TPSA) is 48.5 Å². The van der Waals surface area contributed by atoms with Crippen molar-refractivity contribution in [3.63, 3.8) is 0 Å². The first kappa shape index (κ1) is 11.0. The number of aromatic nitrogens is 1. The largest absolute Gasteiger partial charge is 0.304 e. The van der Waals surface area contributed by atoms with Crippen molar-refractivity contribution in [1.29, 1.82) is 0 Å². The standard InChI is InChI=1S/C11H16N4O/c1-14-5-7-15(8-6-14)13-11(16)10-3-2-4-12-9-10/h2-4,9H,5-8H2,1H3,(H,13,16). The van der Waals surface area contributed by atoms with E-state index in [0.717, 1.165) is 26.2 Å². The molecule has 0 bridgehead atoms. The van der Waals surface area contributed by atoms with Gasteiger partial charge in [0, 0.05) is 38.6 Å². The van der Waals surface area contributed by atoms with E-state index in [1.54, 1.807) is 24.5 Å². The van der Waals surface area contributed by atoms with Crippen molar-refractivity contribution in [2.75, 3.05) is 33.2 Å². The second-order valence-corrected chi connectivity index (χ2v) is 3.97. The summed E-state index contributed by atoms with van der Waals surface area (Å²) >= 11 is 0. The van der Waals surface area contributed by atoms with E-state index in [9.17, 15) is 4.79 Å². The average molecular weight is 220 g/mol. The van der Waals surface area contributed by atoms with Gasteiger partial charge in [0.2, 0.25) is 0 Å². The van der Waals surface area contributed by atoms with Gasteiger partial charge in [0.15, 0.2) is 0 Å². The molecule has 2 heterocycles. The molecule has 1 aromatic rings. The van der Waals surface area contributed by atoms with Gasteiger partial charge in [-0.05, 0) is 19.2 Å². The number of nitrogens with zero attached hydrogens (tertiary/aromatic N) is 3. The molecule has 1 amide bonds. The fourth-order valence-electron chi connectivity index (χ4n) is 1.62. The van der Waals surface area contributed by atoms with Crippen molar-refractivity contribution >= 4 is 5.91 Å². The first-order valence-electron chi connectivity index (χ1n) is 5.40. The number of hydrogen-bond acceptors (Lipinski definition) is 4. The molecule has 0 saturated carbocycles. The van der Waals surface area contributed by atoms with Gasteiger partial charge in [-0.1, -0.05) is 0 Å². The Kier molecular flexibility index (Phi) is 3.48. The van der Waals surface area contributed by atoms with Gasteiger partial charge in [0.05, 0.1) is 5.56 Å². The summed E-state index contributed by atoms with van der Waals surface area (Å²) in [4.78, 5) is 18.0. The van der Waals surface area contributed by atoms with Gasteiger partial charge in [0.1, 0.15) is 0 Å². The van der Waals surface area contributed by atoms with E-state index in [1.807, 2.05) is 5.01 Å². The Balaban J connectivity index is 1.88. The highest BCUT2D eigenvalue weighted by Gasteiger charge is 2.16. The number of hydrazine groups is 1. The lowest BCUT2D eigenvalue weighted by Gasteiger charge is -2.32. The fourth-order valence-corrected chi connectivity index (χ4v) is 1.62. The lowest BCUT2D eigenvalue weighted by molar-refractivity contribution is 0.0662. The van der Waals surface area contributed by atoms with Gasteiger partial charge in [0.25, 0.3) is 5.91 Å². The molecule has 0 radical (unpaired) electrons. The molecular weight excluding hydrogens is 204 g/mol. The molecule has 1 N–H and O–H groups in total. The van der Waals surface area contributed by atoms with Crippen LogP contribution in [0.2, 0.25) is 0 Å². The molecule has 2 rings (SSSR count). The second kappa shape index (κ2) is 5.05. The maximum Gasteiger partial charge on any atom is 0.267 e. The molecule has 0 aliphatic carbocycles. The minimum absolute atomic E-state index is 0.0855. The lowest BCUT2D eigenvalue weighted by atomic mass is 10.3. The minimum Gasteiger partial charge on any atom is -0.304 e. The lowest BCUT2D eigenvalue weighted by Crippen LogP contribution is -2.52. The zero-order valence-corrected chi connectivity index (χ0v) is 9.39. The molecular formula is C11H16N4O. The molecule has 0 spiro atoms. The monoisotopic (exact) mass is 220 g/mol. The number of carbonyl (C=O) groups is 1. The number of likely N-dealkylation sites (N-methyl/N-ethyl adjacent to an activating group) is 1. The number of amides is 1. The van der Waals surface area contributed by atoms with E-state index in [2.05, 4.69) is 22.4 Å². The third-order valence-electron chi connectivity index (χ3n) is 2.69. The molecule has 1 aliphatic heterocycles. The van der Waals surface area contributed by atoms with Gasteiger partial charge in [-0.2, -0.15) is 0 Å². The molecule has 1 fully saturated rings. The van der Waals surface area contributed by atoms with Crippen LogP contribution in [-0.4, -0.2) is 54.0 Å². The average Bonchev–Trinajstić information content (AvgIpc) is 2.33. The van der Waals surface area contributed by atoms with Gasteiger partial charge in [-0.15, -0.1) is 0 Å². The van der Waals surface area contributed by atoms with Crippen LogP contribution in [-0.2, 0) is 0 Å². The Morgan fingerprint density at radius 1 is 1.38 bits per heavy atom. The quantitative estimate of drug-likeness (QED) is 0.760. The number of piperazine rings is 1. The number of hydrogen-bond donors (Lipinski definition) is 1. The van der Waals surface area contributed by atoms with Gasteiger partial charge >= 0.3 is 0 Å². The molecule has 16 heavy (non-hydrogen) atoms. The summed E-state index contributed by atoms with van der Waals surface area (Å²) in [6.07, 6.45) is 3.23. The number of rotatable bonds is 2. The zero-order chi connectivity index (χ0) is 11.4. The van der Waals surface area contributed by atoms with Gasteiger partial charge < -0.3 is 4.90 Å². The van der Waals surface area contributed by atoms with Crippen molar-refractivity contribution in [2.45, 2.75) is 0 Å². The first-order chi connectivity index (χ1) is 7.75. The highest BCUT2D eigenvalue weighted by Crippen LogP contribution is 1.99. The van der Waals surface area contributed by atoms with E-state index in [0.29, 0.717) is 5.56 Å². The summed E-state index contributed by atoms with van der Waals surface area (Å²) in [5.41, 5.74) is 3.48. The summed E-state index contributed by atoms with van der Waals surface area (Å²) in [7, 11) is 2.08. The van der Waals surface area contributed by atoms with Crippen LogP contribution in [0.25, 0.3) is 0 Å². The third kappa shape index (κ3) is 2.77. The first-order valence-corrected chi connectivity index (χ1v) is 5.40. The van der Waals surface area contributed by atoms with Crippen LogP contribution in [0.3, 0.4) is 0 Å². The maximum absolute atomic E-state index is 11.8. The predicted molar refractivity (Wildman–Crippen MR) is 60.8 cm³/mol. The third-order valence-corrected chi connectivity index (χ3v) is 2.69. The van der Waals surface area contributed by atoms with Crippen LogP contribution in [0.4, 0.5) is 0 Å². The van der Waals surface area contributed by atoms with Crippen molar-refractivity contribution in [1.82, 2.24) is 20.3 Å². The van der Waals surface area contributed by atoms with E-state index in [-0.39, 0.29) is 5.91 Å². The van der Waals surface area contributed by atoms with Gasteiger partial charge in [-0.3, -0.25) is 15.2 Å². The number of pyridine rings is 1. The summed E-state index contributed by atoms with van der Waals surface area (Å²) in [5, 5.41) is 1.95. The molecule has 5 heteroatoms. The van der Waals surface area contributed by atoms with E-state index < -0.39 is 0 Å². The van der Waals surface area contributed by atoms with Crippen LogP contribution >= 0.6 is 0 Å². The normalized spacial score (nSPS) is 18.3. The highest BCUT2D eigenvalue weighted by atomic mass is 16.2. The predicted octanol–water partition coefficient (Wildman–Crippen LogP) is -0.0262. The summed E-state index contributed by atoms with van der Waals surface area (Å²) in [6.45, 7) is 3.69.